The molecule has 8 nitrogen and oxygen atoms in total. The maximum Gasteiger partial charge on any atom is 0.334 e. The van der Waals surface area contributed by atoms with Crippen LogP contribution in [0.3, 0.4) is 0 Å². The molecule has 1 aromatic rings. The molecule has 1 aliphatic heterocycles. The Hall–Kier alpha value is -2.40. The molecule has 2 rings (SSSR count). The third kappa shape index (κ3) is 11.8. The van der Waals surface area contributed by atoms with E-state index in [-0.39, 0.29) is 18.8 Å². The van der Waals surface area contributed by atoms with Crippen LogP contribution in [-0.4, -0.2) is 73.1 Å². The zero-order valence-corrected chi connectivity index (χ0v) is 27.9. The van der Waals surface area contributed by atoms with E-state index >= 15 is 0 Å². The summed E-state index contributed by atoms with van der Waals surface area (Å²) in [5.41, 5.74) is 2.53. The highest BCUT2D eigenvalue weighted by molar-refractivity contribution is 7.09. The number of fused-ring (bicyclic) bond motifs is 2. The summed E-state index contributed by atoms with van der Waals surface area (Å²) in [6.45, 7) is 11.2. The largest absolute Gasteiger partial charge is 0.453 e. The van der Waals surface area contributed by atoms with Gasteiger partial charge in [0, 0.05) is 29.2 Å². The lowest BCUT2D eigenvalue weighted by atomic mass is 9.87. The number of allylic oxidation sites excluding steroid dienone is 5. The van der Waals surface area contributed by atoms with Crippen molar-refractivity contribution in [1.82, 2.24) is 4.98 Å². The number of aromatic nitrogens is 1. The minimum Gasteiger partial charge on any atom is -0.453 e. The molecule has 9 heteroatoms. The Morgan fingerprint density at radius 2 is 1.86 bits per heavy atom. The highest BCUT2D eigenvalue weighted by atomic mass is 32.1. The van der Waals surface area contributed by atoms with Crippen LogP contribution in [0.2, 0.25) is 0 Å². The molecule has 0 spiro atoms. The topological polar surface area (TPSA) is 140 Å². The number of unbranched alkanes of at least 4 members (excludes halogenated alkanes) is 3. The number of thiazole rings is 1. The van der Waals surface area contributed by atoms with Gasteiger partial charge in [-0.25, -0.2) is 9.78 Å². The number of hydrogen-bond acceptors (Lipinski definition) is 9. The molecule has 2 heterocycles. The number of aliphatic hydroxyl groups is 5. The van der Waals surface area contributed by atoms with Crippen LogP contribution in [0.1, 0.15) is 103 Å². The fraction of sp³-hybridized carbons (Fsp3) is 0.600. The molecule has 0 saturated heterocycles. The maximum atomic E-state index is 13.7. The van der Waals surface area contributed by atoms with Crippen LogP contribution in [-0.2, 0) is 9.53 Å². The molecule has 0 aromatic carbocycles. The van der Waals surface area contributed by atoms with Gasteiger partial charge in [0.1, 0.15) is 0 Å². The van der Waals surface area contributed by atoms with Gasteiger partial charge in [0.15, 0.2) is 6.10 Å². The van der Waals surface area contributed by atoms with Crippen LogP contribution >= 0.6 is 11.3 Å². The van der Waals surface area contributed by atoms with Crippen LogP contribution in [0.5, 0.6) is 0 Å². The zero-order chi connectivity index (χ0) is 32.8. The van der Waals surface area contributed by atoms with Gasteiger partial charge < -0.3 is 30.3 Å². The summed E-state index contributed by atoms with van der Waals surface area (Å²) >= 11 is 1.37. The van der Waals surface area contributed by atoms with E-state index in [1.807, 2.05) is 38.3 Å². The minimum absolute atomic E-state index is 0.0510. The predicted molar refractivity (Wildman–Crippen MR) is 177 cm³/mol. The van der Waals surface area contributed by atoms with Crippen LogP contribution in [0.25, 0.3) is 6.08 Å². The van der Waals surface area contributed by atoms with Gasteiger partial charge in [0.2, 0.25) is 0 Å². The van der Waals surface area contributed by atoms with E-state index in [4.69, 9.17) is 4.74 Å². The van der Waals surface area contributed by atoms with Crippen molar-refractivity contribution in [1.29, 1.82) is 0 Å². The predicted octanol–water partition coefficient (Wildman–Crippen LogP) is 5.77. The Labute approximate surface area is 267 Å². The molecule has 1 aliphatic rings. The number of rotatable bonds is 10. The van der Waals surface area contributed by atoms with E-state index in [1.165, 1.54) is 11.3 Å². The van der Waals surface area contributed by atoms with Crippen molar-refractivity contribution >= 4 is 23.4 Å². The minimum atomic E-state index is -1.37. The van der Waals surface area contributed by atoms with Crippen molar-refractivity contribution in [3.05, 3.63) is 69.3 Å². The standard InChI is InChI=1S/C35H53NO7S/c1-7-9-10-12-15-26-19-27-21-44-34(36-27)24(5)30(39)20-28(37)16-13-11-14-17-29(38)33(43-35(26)42)32(41)25(6)31(40)23(4)18-22(3)8-2/h8,11,13-14,16,18-19,21,24-25,28-33,37-41H,7,9-10,12,15,17,20H2,1-6H3/b14-11-,16-13+,22-8+,23-18+,26-19-/t24-,25?,28-,29+,30+,31?,32-,33-/m0/s1. The monoisotopic (exact) mass is 631 g/mol. The Balaban J connectivity index is 2.50. The van der Waals surface area contributed by atoms with Crippen molar-refractivity contribution in [3.63, 3.8) is 0 Å². The number of hydrogen-bond donors (Lipinski definition) is 5. The average Bonchev–Trinajstić information content (AvgIpc) is 3.47. The summed E-state index contributed by atoms with van der Waals surface area (Å²) in [6, 6.07) is 0. The molecule has 5 N–H and O–H groups in total. The number of esters is 1. The van der Waals surface area contributed by atoms with Gasteiger partial charge in [-0.15, -0.1) is 11.3 Å². The second-order valence-electron chi connectivity index (χ2n) is 12.0. The SMILES string of the molecule is C/C=C(C)/C=C(\C)C(O)C(C)[C@H](O)[C@H]1OC(=O)/C(CCCCCC)=C\c2csc(n2)[C@@H](C)[C@H](O)C[C@@H](O)/C=C/C=C\C[C@H]1O. The fourth-order valence-electron chi connectivity index (χ4n) is 5.05. The first-order valence-corrected chi connectivity index (χ1v) is 16.7. The van der Waals surface area contributed by atoms with Gasteiger partial charge in [-0.05, 0) is 51.7 Å². The lowest BCUT2D eigenvalue weighted by Gasteiger charge is -2.33. The average molecular weight is 632 g/mol. The normalized spacial score (nSPS) is 29.4. The first kappa shape index (κ1) is 37.8. The molecule has 0 amide bonds. The van der Waals surface area contributed by atoms with Gasteiger partial charge in [-0.3, -0.25) is 0 Å². The first-order chi connectivity index (χ1) is 20.9. The van der Waals surface area contributed by atoms with E-state index in [2.05, 4.69) is 11.9 Å². The van der Waals surface area contributed by atoms with Gasteiger partial charge in [0.25, 0.3) is 0 Å². The Bertz CT molecular complexity index is 1180. The highest BCUT2D eigenvalue weighted by Crippen LogP contribution is 2.29. The Morgan fingerprint density at radius 1 is 1.14 bits per heavy atom. The van der Waals surface area contributed by atoms with Crippen molar-refractivity contribution in [2.24, 2.45) is 5.92 Å². The summed E-state index contributed by atoms with van der Waals surface area (Å²) < 4.78 is 5.89. The number of ether oxygens (including phenoxy) is 1. The second-order valence-corrected chi connectivity index (χ2v) is 12.8. The van der Waals surface area contributed by atoms with E-state index in [9.17, 15) is 30.3 Å². The third-order valence-corrected chi connectivity index (χ3v) is 9.27. The van der Waals surface area contributed by atoms with E-state index in [0.29, 0.717) is 28.3 Å². The Morgan fingerprint density at radius 3 is 2.55 bits per heavy atom. The molecule has 2 unspecified atom stereocenters. The van der Waals surface area contributed by atoms with Crippen molar-refractivity contribution < 1.29 is 35.1 Å². The summed E-state index contributed by atoms with van der Waals surface area (Å²) in [7, 11) is 0. The second kappa shape index (κ2) is 19.2. The lowest BCUT2D eigenvalue weighted by Crippen LogP contribution is -2.47. The Kier molecular flexibility index (Phi) is 16.5. The molecular formula is C35H53NO7S. The molecule has 0 fully saturated rings. The van der Waals surface area contributed by atoms with Crippen molar-refractivity contribution in [3.8, 4) is 0 Å². The molecule has 0 aliphatic carbocycles. The first-order valence-electron chi connectivity index (χ1n) is 15.8. The maximum absolute atomic E-state index is 13.7. The van der Waals surface area contributed by atoms with Crippen LogP contribution < -0.4 is 0 Å². The fourth-order valence-corrected chi connectivity index (χ4v) is 5.94. The summed E-state index contributed by atoms with van der Waals surface area (Å²) in [6.07, 6.45) is 9.58. The van der Waals surface area contributed by atoms with Gasteiger partial charge in [-0.1, -0.05) is 82.1 Å². The molecule has 44 heavy (non-hydrogen) atoms. The van der Waals surface area contributed by atoms with Gasteiger partial charge in [-0.2, -0.15) is 0 Å². The molecule has 0 radical (unpaired) electrons. The molecule has 246 valence electrons. The van der Waals surface area contributed by atoms with Gasteiger partial charge >= 0.3 is 5.97 Å². The molecule has 1 aromatic heterocycles. The summed E-state index contributed by atoms with van der Waals surface area (Å²) in [4.78, 5) is 18.3. The quantitative estimate of drug-likeness (QED) is 0.125. The van der Waals surface area contributed by atoms with Gasteiger partial charge in [0.05, 0.1) is 41.2 Å². The number of carbonyl (C=O) groups excluding carboxylic acids is 1. The molecule has 2 bridgehead atoms. The number of cyclic esters (lactones) is 1. The van der Waals surface area contributed by atoms with Crippen molar-refractivity contribution in [2.45, 2.75) is 129 Å². The molecular weight excluding hydrogens is 578 g/mol. The number of nitrogens with zero attached hydrogens (tertiary/aromatic N) is 1. The van der Waals surface area contributed by atoms with E-state index in [1.54, 1.807) is 44.2 Å². The van der Waals surface area contributed by atoms with E-state index in [0.717, 1.165) is 31.3 Å². The van der Waals surface area contributed by atoms with Crippen LogP contribution in [0.15, 0.2) is 58.6 Å². The number of aliphatic hydroxyl groups excluding tert-OH is 5. The van der Waals surface area contributed by atoms with E-state index < -0.39 is 48.5 Å². The smallest absolute Gasteiger partial charge is 0.334 e. The summed E-state index contributed by atoms with van der Waals surface area (Å²) in [5.74, 6) is -1.73. The lowest BCUT2D eigenvalue weighted by molar-refractivity contribution is -0.165. The zero-order valence-electron chi connectivity index (χ0n) is 27.1. The van der Waals surface area contributed by atoms with Crippen molar-refractivity contribution in [2.75, 3.05) is 0 Å². The van der Waals surface area contributed by atoms with Crippen LogP contribution in [0, 0.1) is 5.92 Å². The number of carbonyl (C=O) groups is 1. The molecule has 0 saturated carbocycles. The highest BCUT2D eigenvalue weighted by Gasteiger charge is 2.37. The summed E-state index contributed by atoms with van der Waals surface area (Å²) in [5, 5.41) is 57.3. The third-order valence-electron chi connectivity index (χ3n) is 8.20. The van der Waals surface area contributed by atoms with Crippen LogP contribution in [0.4, 0.5) is 0 Å². The molecule has 8 atom stereocenters.